The molecule has 5 nitrogen and oxygen atoms in total. The standard InChI is InChI=1S/C21H22FN3O2S/c1-2-25(12-13-5-3-6-14(22)11-13)18(26)10-9-17-23-20(27)19-15-7-4-8-16(15)28-21(19)24-17/h3,5-6,11H,2,4,7-10,12H2,1H3,(H,23,24,27). The first kappa shape index (κ1) is 18.8. The number of rotatable bonds is 6. The SMILES string of the molecule is CCN(Cc1cccc(F)c1)C(=O)CCc1nc2sc3c(c2c(=O)[nH]1)CCC3. The van der Waals surface area contributed by atoms with Crippen molar-refractivity contribution >= 4 is 27.5 Å². The molecule has 4 rings (SSSR count). The molecule has 0 aliphatic heterocycles. The third kappa shape index (κ3) is 3.71. The number of carbonyl (C=O) groups excluding carboxylic acids is 1. The monoisotopic (exact) mass is 399 g/mol. The van der Waals surface area contributed by atoms with Crippen LogP contribution in [0.2, 0.25) is 0 Å². The number of aryl methyl sites for hydroxylation is 3. The molecule has 3 aromatic rings. The smallest absolute Gasteiger partial charge is 0.259 e. The molecule has 146 valence electrons. The van der Waals surface area contributed by atoms with E-state index in [0.29, 0.717) is 25.3 Å². The van der Waals surface area contributed by atoms with Crippen LogP contribution < -0.4 is 5.56 Å². The Hall–Kier alpha value is -2.54. The van der Waals surface area contributed by atoms with Gasteiger partial charge in [0, 0.05) is 30.8 Å². The van der Waals surface area contributed by atoms with Gasteiger partial charge < -0.3 is 9.88 Å². The van der Waals surface area contributed by atoms with Crippen LogP contribution in [0.25, 0.3) is 10.2 Å². The Morgan fingerprint density at radius 2 is 2.21 bits per heavy atom. The molecule has 1 aliphatic rings. The molecule has 1 aromatic carbocycles. The first-order chi connectivity index (χ1) is 13.5. The highest BCUT2D eigenvalue weighted by Gasteiger charge is 2.21. The summed E-state index contributed by atoms with van der Waals surface area (Å²) in [5.41, 5.74) is 1.82. The van der Waals surface area contributed by atoms with Crippen LogP contribution >= 0.6 is 11.3 Å². The Balaban J connectivity index is 1.46. The summed E-state index contributed by atoms with van der Waals surface area (Å²) in [6.45, 7) is 2.81. The van der Waals surface area contributed by atoms with Gasteiger partial charge in [0.2, 0.25) is 5.91 Å². The Morgan fingerprint density at radius 1 is 1.36 bits per heavy atom. The van der Waals surface area contributed by atoms with Crippen molar-refractivity contribution in [1.29, 1.82) is 0 Å². The van der Waals surface area contributed by atoms with Crippen LogP contribution in [0.1, 0.15) is 41.6 Å². The van der Waals surface area contributed by atoms with Gasteiger partial charge in [0.25, 0.3) is 5.56 Å². The minimum absolute atomic E-state index is 0.0387. The van der Waals surface area contributed by atoms with E-state index in [9.17, 15) is 14.0 Å². The fraction of sp³-hybridized carbons (Fsp3) is 0.381. The van der Waals surface area contributed by atoms with Gasteiger partial charge in [-0.2, -0.15) is 0 Å². The lowest BCUT2D eigenvalue weighted by atomic mass is 10.2. The van der Waals surface area contributed by atoms with E-state index in [1.807, 2.05) is 13.0 Å². The molecule has 0 spiro atoms. The molecule has 2 aromatic heterocycles. The first-order valence-corrected chi connectivity index (χ1v) is 10.4. The maximum Gasteiger partial charge on any atom is 0.259 e. The number of benzene rings is 1. The van der Waals surface area contributed by atoms with Crippen molar-refractivity contribution in [1.82, 2.24) is 14.9 Å². The quantitative estimate of drug-likeness (QED) is 0.689. The predicted octanol–water partition coefficient (Wildman–Crippen LogP) is 3.59. The molecule has 0 bridgehead atoms. The van der Waals surface area contributed by atoms with E-state index in [0.717, 1.165) is 40.6 Å². The van der Waals surface area contributed by atoms with Crippen LogP contribution in [0.15, 0.2) is 29.1 Å². The summed E-state index contributed by atoms with van der Waals surface area (Å²) in [7, 11) is 0. The van der Waals surface area contributed by atoms with Crippen LogP contribution in [0.3, 0.4) is 0 Å². The highest BCUT2D eigenvalue weighted by molar-refractivity contribution is 7.18. The lowest BCUT2D eigenvalue weighted by molar-refractivity contribution is -0.131. The molecule has 1 amide bonds. The maximum absolute atomic E-state index is 13.4. The predicted molar refractivity (Wildman–Crippen MR) is 108 cm³/mol. The van der Waals surface area contributed by atoms with Gasteiger partial charge in [-0.25, -0.2) is 9.37 Å². The molecular formula is C21H22FN3O2S. The summed E-state index contributed by atoms with van der Waals surface area (Å²) in [5, 5.41) is 0.730. The van der Waals surface area contributed by atoms with Gasteiger partial charge in [0.1, 0.15) is 16.5 Å². The molecule has 0 radical (unpaired) electrons. The molecule has 28 heavy (non-hydrogen) atoms. The van der Waals surface area contributed by atoms with Crippen molar-refractivity contribution in [2.45, 2.75) is 45.6 Å². The van der Waals surface area contributed by atoms with E-state index >= 15 is 0 Å². The van der Waals surface area contributed by atoms with E-state index in [2.05, 4.69) is 9.97 Å². The number of aromatic amines is 1. The Kier molecular flexibility index (Phi) is 5.26. The van der Waals surface area contributed by atoms with Gasteiger partial charge in [-0.1, -0.05) is 12.1 Å². The second-order valence-electron chi connectivity index (χ2n) is 7.09. The summed E-state index contributed by atoms with van der Waals surface area (Å²) in [4.78, 5) is 36.3. The van der Waals surface area contributed by atoms with Crippen LogP contribution in [-0.2, 0) is 30.6 Å². The second kappa shape index (κ2) is 7.83. The zero-order valence-electron chi connectivity index (χ0n) is 15.8. The molecule has 1 aliphatic carbocycles. The number of amides is 1. The van der Waals surface area contributed by atoms with E-state index < -0.39 is 0 Å². The number of nitrogens with zero attached hydrogens (tertiary/aromatic N) is 2. The Morgan fingerprint density at radius 3 is 3.00 bits per heavy atom. The molecule has 2 heterocycles. The maximum atomic E-state index is 13.4. The van der Waals surface area contributed by atoms with E-state index in [4.69, 9.17) is 0 Å². The number of nitrogens with one attached hydrogen (secondary N) is 1. The summed E-state index contributed by atoms with van der Waals surface area (Å²) in [5.74, 6) is 0.203. The van der Waals surface area contributed by atoms with Crippen molar-refractivity contribution in [3.8, 4) is 0 Å². The molecule has 0 saturated carbocycles. The molecule has 0 unspecified atom stereocenters. The number of fused-ring (bicyclic) bond motifs is 3. The van der Waals surface area contributed by atoms with E-state index in [1.165, 1.54) is 17.0 Å². The zero-order valence-corrected chi connectivity index (χ0v) is 16.6. The second-order valence-corrected chi connectivity index (χ2v) is 8.17. The van der Waals surface area contributed by atoms with E-state index in [-0.39, 0.29) is 23.7 Å². The van der Waals surface area contributed by atoms with Gasteiger partial charge in [-0.15, -0.1) is 11.3 Å². The molecule has 0 atom stereocenters. The van der Waals surface area contributed by atoms with Gasteiger partial charge >= 0.3 is 0 Å². The Labute approximate surface area is 166 Å². The Bertz CT molecular complexity index is 1090. The van der Waals surface area contributed by atoms with Crippen LogP contribution in [-0.4, -0.2) is 27.3 Å². The average molecular weight is 399 g/mol. The summed E-state index contributed by atoms with van der Waals surface area (Å²) in [6.07, 6.45) is 3.71. The van der Waals surface area contributed by atoms with Gasteiger partial charge in [0.05, 0.1) is 5.39 Å². The number of halogens is 1. The fourth-order valence-corrected chi connectivity index (χ4v) is 5.06. The first-order valence-electron chi connectivity index (χ1n) is 9.60. The van der Waals surface area contributed by atoms with Crippen LogP contribution in [0.4, 0.5) is 4.39 Å². The normalized spacial score (nSPS) is 13.1. The van der Waals surface area contributed by atoms with Crippen molar-refractivity contribution in [3.63, 3.8) is 0 Å². The topological polar surface area (TPSA) is 66.1 Å². The van der Waals surface area contributed by atoms with Gasteiger partial charge in [0.15, 0.2) is 0 Å². The van der Waals surface area contributed by atoms with Crippen molar-refractivity contribution in [3.05, 3.63) is 62.3 Å². The minimum Gasteiger partial charge on any atom is -0.339 e. The third-order valence-corrected chi connectivity index (χ3v) is 6.38. The summed E-state index contributed by atoms with van der Waals surface area (Å²) in [6, 6.07) is 6.28. The number of H-pyrrole nitrogens is 1. The summed E-state index contributed by atoms with van der Waals surface area (Å²) < 4.78 is 13.4. The molecule has 0 fully saturated rings. The number of aromatic nitrogens is 2. The van der Waals surface area contributed by atoms with Crippen molar-refractivity contribution in [2.24, 2.45) is 0 Å². The zero-order chi connectivity index (χ0) is 19.7. The average Bonchev–Trinajstić information content (AvgIpc) is 3.25. The molecular weight excluding hydrogens is 377 g/mol. The van der Waals surface area contributed by atoms with E-state index in [1.54, 1.807) is 22.3 Å². The number of thiophene rings is 1. The lowest BCUT2D eigenvalue weighted by Gasteiger charge is -2.21. The van der Waals surface area contributed by atoms with Crippen molar-refractivity contribution < 1.29 is 9.18 Å². The van der Waals surface area contributed by atoms with Crippen LogP contribution in [0, 0.1) is 5.82 Å². The largest absolute Gasteiger partial charge is 0.339 e. The number of hydrogen-bond acceptors (Lipinski definition) is 4. The molecule has 7 heteroatoms. The fourth-order valence-electron chi connectivity index (χ4n) is 3.78. The van der Waals surface area contributed by atoms with Crippen LogP contribution in [0.5, 0.6) is 0 Å². The number of hydrogen-bond donors (Lipinski definition) is 1. The molecule has 0 saturated heterocycles. The van der Waals surface area contributed by atoms with Gasteiger partial charge in [-0.3, -0.25) is 9.59 Å². The highest BCUT2D eigenvalue weighted by Crippen LogP contribution is 2.34. The number of carbonyl (C=O) groups is 1. The lowest BCUT2D eigenvalue weighted by Crippen LogP contribution is -2.30. The third-order valence-electron chi connectivity index (χ3n) is 5.20. The molecule has 1 N–H and O–H groups in total. The van der Waals surface area contributed by atoms with Crippen molar-refractivity contribution in [2.75, 3.05) is 6.54 Å². The highest BCUT2D eigenvalue weighted by atomic mass is 32.1. The minimum atomic E-state index is -0.307. The van der Waals surface area contributed by atoms with Gasteiger partial charge in [-0.05, 0) is 49.4 Å². The summed E-state index contributed by atoms with van der Waals surface area (Å²) >= 11 is 1.60.